The minimum Gasteiger partial charge on any atom is -0.490 e. The van der Waals surface area contributed by atoms with Gasteiger partial charge in [0, 0.05) is 5.56 Å². The molecule has 0 aliphatic carbocycles. The van der Waals surface area contributed by atoms with E-state index in [1.807, 2.05) is 86.7 Å². The molecule has 0 saturated carbocycles. The molecule has 238 valence electrons. The molecule has 0 unspecified atom stereocenters. The number of esters is 1. The molecule has 5 aromatic rings. The van der Waals surface area contributed by atoms with Crippen LogP contribution in [0.25, 0.3) is 16.8 Å². The van der Waals surface area contributed by atoms with Crippen LogP contribution in [0.3, 0.4) is 0 Å². The second-order valence-electron chi connectivity index (χ2n) is 11.1. The molecule has 1 atom stereocenters. The van der Waals surface area contributed by atoms with Crippen LogP contribution in [0.15, 0.2) is 119 Å². The van der Waals surface area contributed by atoms with Gasteiger partial charge in [-0.05, 0) is 65.4 Å². The van der Waals surface area contributed by atoms with Gasteiger partial charge in [-0.25, -0.2) is 9.79 Å². The molecule has 0 spiro atoms. The average Bonchev–Trinajstić information content (AvgIpc) is 3.41. The van der Waals surface area contributed by atoms with Crippen molar-refractivity contribution in [3.8, 4) is 11.5 Å². The minimum absolute atomic E-state index is 0.237. The van der Waals surface area contributed by atoms with Gasteiger partial charge in [0.05, 0.1) is 35.6 Å². The van der Waals surface area contributed by atoms with Crippen LogP contribution in [-0.2, 0) is 22.6 Å². The molecule has 0 fully saturated rings. The second kappa shape index (κ2) is 14.1. The number of nitrogens with zero attached hydrogens (tertiary/aromatic N) is 2. The van der Waals surface area contributed by atoms with Crippen LogP contribution in [0.4, 0.5) is 0 Å². The van der Waals surface area contributed by atoms with Gasteiger partial charge in [-0.2, -0.15) is 0 Å². The maximum Gasteiger partial charge on any atom is 0.338 e. The first-order valence-electron chi connectivity index (χ1n) is 15.6. The van der Waals surface area contributed by atoms with Gasteiger partial charge in [-0.3, -0.25) is 9.36 Å². The maximum atomic E-state index is 14.1. The topological polar surface area (TPSA) is 79.1 Å². The summed E-state index contributed by atoms with van der Waals surface area (Å²) in [5.74, 6) is 0.746. The van der Waals surface area contributed by atoms with Gasteiger partial charge in [0.1, 0.15) is 6.61 Å². The number of allylic oxidation sites excluding steroid dienone is 2. The molecule has 0 saturated heterocycles. The van der Waals surface area contributed by atoms with E-state index in [0.717, 1.165) is 33.0 Å². The Morgan fingerprint density at radius 1 is 0.979 bits per heavy atom. The molecule has 8 heteroatoms. The molecule has 1 aliphatic heterocycles. The molecule has 1 aromatic heterocycles. The van der Waals surface area contributed by atoms with Crippen LogP contribution >= 0.6 is 11.3 Å². The summed E-state index contributed by atoms with van der Waals surface area (Å²) in [5, 5.41) is 2.29. The van der Waals surface area contributed by atoms with E-state index >= 15 is 0 Å². The zero-order chi connectivity index (χ0) is 32.9. The number of rotatable bonds is 11. The van der Waals surface area contributed by atoms with E-state index in [4.69, 9.17) is 19.2 Å². The molecule has 6 rings (SSSR count). The highest BCUT2D eigenvalue weighted by Crippen LogP contribution is 2.36. The van der Waals surface area contributed by atoms with Gasteiger partial charge < -0.3 is 14.2 Å². The molecule has 2 heterocycles. The lowest BCUT2D eigenvalue weighted by molar-refractivity contribution is -0.136. The van der Waals surface area contributed by atoms with Gasteiger partial charge in [-0.15, -0.1) is 6.58 Å². The number of aromatic nitrogens is 1. The van der Waals surface area contributed by atoms with Crippen molar-refractivity contribution in [2.75, 3.05) is 13.7 Å². The van der Waals surface area contributed by atoms with Gasteiger partial charge in [0.25, 0.3) is 5.56 Å². The van der Waals surface area contributed by atoms with Crippen molar-refractivity contribution in [3.63, 3.8) is 0 Å². The number of ether oxygens (including phenoxy) is 3. The fourth-order valence-electron chi connectivity index (χ4n) is 6.04. The lowest BCUT2D eigenvalue weighted by Crippen LogP contribution is -2.40. The average molecular weight is 645 g/mol. The van der Waals surface area contributed by atoms with Crippen molar-refractivity contribution in [1.29, 1.82) is 0 Å². The largest absolute Gasteiger partial charge is 0.490 e. The lowest BCUT2D eigenvalue weighted by Gasteiger charge is -2.25. The summed E-state index contributed by atoms with van der Waals surface area (Å²) in [6.07, 6.45) is 4.74. The summed E-state index contributed by atoms with van der Waals surface area (Å²) in [6, 6.07) is 27.2. The van der Waals surface area contributed by atoms with E-state index in [0.29, 0.717) is 58.2 Å². The number of carbonyl (C=O) groups is 1. The first-order chi connectivity index (χ1) is 23.0. The number of methoxy groups -OCH3 is 1. The number of carbonyl (C=O) groups excluding carboxylic acids is 1. The second-order valence-corrected chi connectivity index (χ2v) is 12.1. The lowest BCUT2D eigenvalue weighted by atomic mass is 9.95. The Bertz CT molecular complexity index is 2170. The predicted octanol–water partition coefficient (Wildman–Crippen LogP) is 6.66. The first-order valence-corrected chi connectivity index (χ1v) is 16.5. The predicted molar refractivity (Wildman–Crippen MR) is 187 cm³/mol. The molecule has 0 amide bonds. The van der Waals surface area contributed by atoms with Gasteiger partial charge >= 0.3 is 5.97 Å². The third-order valence-corrected chi connectivity index (χ3v) is 9.12. The number of hydrogen-bond acceptors (Lipinski definition) is 7. The number of fused-ring (bicyclic) bond motifs is 2. The van der Waals surface area contributed by atoms with Crippen molar-refractivity contribution in [2.24, 2.45) is 4.99 Å². The fourth-order valence-corrected chi connectivity index (χ4v) is 7.05. The summed E-state index contributed by atoms with van der Waals surface area (Å²) in [5.41, 5.74) is 4.31. The Kier molecular flexibility index (Phi) is 9.50. The summed E-state index contributed by atoms with van der Waals surface area (Å²) in [4.78, 5) is 32.5. The van der Waals surface area contributed by atoms with Gasteiger partial charge in [0.15, 0.2) is 16.3 Å². The highest BCUT2D eigenvalue weighted by molar-refractivity contribution is 7.07. The molecule has 7 nitrogen and oxygen atoms in total. The zero-order valence-electron chi connectivity index (χ0n) is 26.7. The Hall–Kier alpha value is -5.21. The van der Waals surface area contributed by atoms with Crippen LogP contribution in [0, 0.1) is 0 Å². The summed E-state index contributed by atoms with van der Waals surface area (Å²) >= 11 is 1.30. The first kappa shape index (κ1) is 31.8. The molecule has 1 aliphatic rings. The minimum atomic E-state index is -0.655. The van der Waals surface area contributed by atoms with Crippen molar-refractivity contribution < 1.29 is 19.0 Å². The Labute approximate surface area is 277 Å². The van der Waals surface area contributed by atoms with Gasteiger partial charge in [-0.1, -0.05) is 97.1 Å². The smallest absolute Gasteiger partial charge is 0.338 e. The van der Waals surface area contributed by atoms with Gasteiger partial charge in [0.2, 0.25) is 0 Å². The van der Waals surface area contributed by atoms with E-state index in [9.17, 15) is 9.59 Å². The SMILES string of the molecule is C=CCc1cc(/C=c2\sc3n(c2=O)[C@@H](c2ccccc2)C(C(=O)OC)=C(CC)N=3)cc(OCC)c1OCc1cccc2ccccc12. The molecule has 0 N–H and O–H groups in total. The van der Waals surface area contributed by atoms with E-state index in [1.165, 1.54) is 18.4 Å². The fraction of sp³-hybridized carbons (Fsp3) is 0.205. The normalized spacial score (nSPS) is 14.4. The van der Waals surface area contributed by atoms with E-state index in [2.05, 4.69) is 30.8 Å². The molecular weight excluding hydrogens is 609 g/mol. The standard InChI is InChI=1S/C39H36N2O5S/c1-5-14-28-21-25(22-32(45-7-3)36(28)46-24-29-19-13-18-26-15-11-12-20-30(26)29)23-33-37(42)41-35(27-16-9-8-10-17-27)34(38(43)44-4)31(6-2)40-39(41)47-33/h5,8-13,15-23,35H,1,6-7,14,24H2,2-4H3/b33-23-/t35-/m0/s1. The number of thiazole rings is 1. The summed E-state index contributed by atoms with van der Waals surface area (Å²) in [7, 11) is 1.35. The van der Waals surface area contributed by atoms with Crippen LogP contribution < -0.4 is 24.4 Å². The Morgan fingerprint density at radius 3 is 2.49 bits per heavy atom. The third kappa shape index (κ3) is 6.29. The number of benzene rings is 4. The monoisotopic (exact) mass is 644 g/mol. The molecule has 4 aromatic carbocycles. The molecular formula is C39H36N2O5S. The molecule has 47 heavy (non-hydrogen) atoms. The van der Waals surface area contributed by atoms with E-state index in [1.54, 1.807) is 4.57 Å². The van der Waals surface area contributed by atoms with Crippen LogP contribution in [-0.4, -0.2) is 24.3 Å². The third-order valence-electron chi connectivity index (χ3n) is 8.13. The van der Waals surface area contributed by atoms with Crippen LogP contribution in [0.5, 0.6) is 11.5 Å². The van der Waals surface area contributed by atoms with Crippen LogP contribution in [0.2, 0.25) is 0 Å². The van der Waals surface area contributed by atoms with E-state index in [-0.39, 0.29) is 5.56 Å². The Balaban J connectivity index is 1.45. The molecule has 0 bridgehead atoms. The van der Waals surface area contributed by atoms with Crippen molar-refractivity contribution in [2.45, 2.75) is 39.3 Å². The summed E-state index contributed by atoms with van der Waals surface area (Å²) < 4.78 is 19.9. The maximum absolute atomic E-state index is 14.1. The van der Waals surface area contributed by atoms with Crippen molar-refractivity contribution in [3.05, 3.63) is 151 Å². The van der Waals surface area contributed by atoms with Crippen molar-refractivity contribution in [1.82, 2.24) is 4.57 Å². The number of hydrogen-bond donors (Lipinski definition) is 0. The molecule has 0 radical (unpaired) electrons. The quantitative estimate of drug-likeness (QED) is 0.119. The van der Waals surface area contributed by atoms with Crippen LogP contribution in [0.1, 0.15) is 48.6 Å². The van der Waals surface area contributed by atoms with Crippen molar-refractivity contribution >= 4 is 34.2 Å². The summed E-state index contributed by atoms with van der Waals surface area (Å²) in [6.45, 7) is 8.65. The highest BCUT2D eigenvalue weighted by atomic mass is 32.1. The van der Waals surface area contributed by atoms with E-state index < -0.39 is 12.0 Å². The highest BCUT2D eigenvalue weighted by Gasteiger charge is 2.33. The Morgan fingerprint density at radius 2 is 1.74 bits per heavy atom. The zero-order valence-corrected chi connectivity index (χ0v) is 27.5.